The van der Waals surface area contributed by atoms with Crippen LogP contribution in [0.25, 0.3) is 0 Å². The maximum absolute atomic E-state index is 11.2. The highest BCUT2D eigenvalue weighted by Gasteiger charge is 2.30. The summed E-state index contributed by atoms with van der Waals surface area (Å²) in [4.78, 5) is 21.7. The first kappa shape index (κ1) is 10.0. The molecule has 0 aliphatic heterocycles. The van der Waals surface area contributed by atoms with Gasteiger partial charge in [-0.2, -0.15) is 0 Å². The molecule has 4 nitrogen and oxygen atoms in total. The van der Waals surface area contributed by atoms with Crippen LogP contribution in [0.15, 0.2) is 0 Å². The summed E-state index contributed by atoms with van der Waals surface area (Å²) in [6.45, 7) is 1.69. The largest absolute Gasteiger partial charge is 0.479 e. The molecular formula is C9H14O4. The highest BCUT2D eigenvalue weighted by atomic mass is 16.6. The first-order valence-corrected chi connectivity index (χ1v) is 4.58. The van der Waals surface area contributed by atoms with Gasteiger partial charge in [0.1, 0.15) is 0 Å². The fourth-order valence-corrected chi connectivity index (χ4v) is 1.19. The van der Waals surface area contributed by atoms with Crippen molar-refractivity contribution in [1.29, 1.82) is 0 Å². The lowest BCUT2D eigenvalue weighted by Crippen LogP contribution is -2.32. The number of carboxylic acid groups (broad SMARTS) is 1. The molecule has 1 atom stereocenters. The summed E-state index contributed by atoms with van der Waals surface area (Å²) >= 11 is 0. The van der Waals surface area contributed by atoms with Crippen molar-refractivity contribution in [2.75, 3.05) is 0 Å². The van der Waals surface area contributed by atoms with Gasteiger partial charge in [-0.3, -0.25) is 4.79 Å². The maximum Gasteiger partial charge on any atom is 0.345 e. The lowest BCUT2D eigenvalue weighted by atomic mass is 9.86. The van der Waals surface area contributed by atoms with Gasteiger partial charge < -0.3 is 9.84 Å². The van der Waals surface area contributed by atoms with Crippen molar-refractivity contribution in [2.45, 2.75) is 38.7 Å². The molecule has 0 aromatic rings. The molecule has 0 heterocycles. The second-order valence-electron chi connectivity index (χ2n) is 3.30. The number of aliphatic carboxylic acids is 1. The van der Waals surface area contributed by atoms with E-state index < -0.39 is 12.1 Å². The van der Waals surface area contributed by atoms with E-state index in [9.17, 15) is 9.59 Å². The molecule has 4 heteroatoms. The molecule has 1 rings (SSSR count). The van der Waals surface area contributed by atoms with Crippen molar-refractivity contribution in [3.05, 3.63) is 0 Å². The minimum absolute atomic E-state index is 0.0478. The van der Waals surface area contributed by atoms with E-state index in [2.05, 4.69) is 0 Å². The van der Waals surface area contributed by atoms with E-state index in [1.54, 1.807) is 6.92 Å². The van der Waals surface area contributed by atoms with Crippen LogP contribution in [0.1, 0.15) is 32.6 Å². The molecule has 1 saturated carbocycles. The fraction of sp³-hybridized carbons (Fsp3) is 0.778. The lowest BCUT2D eigenvalue weighted by Gasteiger charge is -2.24. The standard InChI is InChI=1S/C9H14O4/c1-2-7(8(10)11)13-9(12)6-4-3-5-6/h6-7H,2-5H2,1H3,(H,10,11). The molecule has 0 aromatic heterocycles. The second-order valence-corrected chi connectivity index (χ2v) is 3.30. The number of carbonyl (C=O) groups is 2. The molecule has 0 amide bonds. The van der Waals surface area contributed by atoms with Crippen molar-refractivity contribution in [2.24, 2.45) is 5.92 Å². The molecule has 0 aromatic carbocycles. The van der Waals surface area contributed by atoms with Crippen LogP contribution in [-0.4, -0.2) is 23.1 Å². The highest BCUT2D eigenvalue weighted by molar-refractivity contribution is 5.79. The Morgan fingerprint density at radius 2 is 2.15 bits per heavy atom. The number of esters is 1. The number of rotatable bonds is 4. The maximum atomic E-state index is 11.2. The Morgan fingerprint density at radius 1 is 1.54 bits per heavy atom. The molecule has 13 heavy (non-hydrogen) atoms. The molecule has 0 radical (unpaired) electrons. The van der Waals surface area contributed by atoms with Crippen LogP contribution in [0.3, 0.4) is 0 Å². The number of ether oxygens (including phenoxy) is 1. The molecule has 0 saturated heterocycles. The zero-order chi connectivity index (χ0) is 9.84. The van der Waals surface area contributed by atoms with Crippen LogP contribution in [0.2, 0.25) is 0 Å². The van der Waals surface area contributed by atoms with E-state index in [4.69, 9.17) is 9.84 Å². The highest BCUT2D eigenvalue weighted by Crippen LogP contribution is 2.27. The van der Waals surface area contributed by atoms with Crippen molar-refractivity contribution >= 4 is 11.9 Å². The molecule has 0 spiro atoms. The summed E-state index contributed by atoms with van der Waals surface area (Å²) in [6, 6.07) is 0. The minimum Gasteiger partial charge on any atom is -0.479 e. The summed E-state index contributed by atoms with van der Waals surface area (Å²) in [5.74, 6) is -1.45. The summed E-state index contributed by atoms with van der Waals surface area (Å²) in [5, 5.41) is 8.62. The molecule has 0 bridgehead atoms. The van der Waals surface area contributed by atoms with E-state index in [-0.39, 0.29) is 11.9 Å². The van der Waals surface area contributed by atoms with E-state index in [0.29, 0.717) is 6.42 Å². The SMILES string of the molecule is CCC(OC(=O)C1CCC1)C(=O)O. The summed E-state index contributed by atoms with van der Waals surface area (Å²) in [6.07, 6.45) is 2.09. The molecule has 1 N–H and O–H groups in total. The molecular weight excluding hydrogens is 172 g/mol. The Labute approximate surface area is 76.9 Å². The van der Waals surface area contributed by atoms with Crippen LogP contribution < -0.4 is 0 Å². The van der Waals surface area contributed by atoms with Gasteiger partial charge in [0, 0.05) is 0 Å². The third-order valence-electron chi connectivity index (χ3n) is 2.34. The number of hydrogen-bond donors (Lipinski definition) is 1. The molecule has 74 valence electrons. The Morgan fingerprint density at radius 3 is 2.46 bits per heavy atom. The molecule has 1 aliphatic rings. The summed E-state index contributed by atoms with van der Waals surface area (Å²) < 4.78 is 4.83. The summed E-state index contributed by atoms with van der Waals surface area (Å²) in [5.41, 5.74) is 0. The topological polar surface area (TPSA) is 63.6 Å². The fourth-order valence-electron chi connectivity index (χ4n) is 1.19. The minimum atomic E-state index is -1.06. The first-order chi connectivity index (χ1) is 6.15. The van der Waals surface area contributed by atoms with Crippen LogP contribution in [0.4, 0.5) is 0 Å². The van der Waals surface area contributed by atoms with E-state index >= 15 is 0 Å². The van der Waals surface area contributed by atoms with Gasteiger partial charge in [-0.15, -0.1) is 0 Å². The van der Waals surface area contributed by atoms with E-state index in [1.165, 1.54) is 0 Å². The summed E-state index contributed by atoms with van der Waals surface area (Å²) in [7, 11) is 0. The molecule has 1 unspecified atom stereocenters. The Balaban J connectivity index is 2.36. The van der Waals surface area contributed by atoms with Crippen molar-refractivity contribution < 1.29 is 19.4 Å². The van der Waals surface area contributed by atoms with Gasteiger partial charge in [-0.05, 0) is 19.3 Å². The zero-order valence-electron chi connectivity index (χ0n) is 7.66. The molecule has 1 fully saturated rings. The van der Waals surface area contributed by atoms with E-state index in [1.807, 2.05) is 0 Å². The van der Waals surface area contributed by atoms with Gasteiger partial charge in [-0.25, -0.2) is 4.79 Å². The normalized spacial score (nSPS) is 18.8. The van der Waals surface area contributed by atoms with Gasteiger partial charge in [0.2, 0.25) is 0 Å². The quantitative estimate of drug-likeness (QED) is 0.670. The van der Waals surface area contributed by atoms with Gasteiger partial charge >= 0.3 is 11.9 Å². The average molecular weight is 186 g/mol. The lowest BCUT2D eigenvalue weighted by molar-refractivity contribution is -0.169. The van der Waals surface area contributed by atoms with Crippen LogP contribution >= 0.6 is 0 Å². The van der Waals surface area contributed by atoms with Gasteiger partial charge in [0.05, 0.1) is 5.92 Å². The smallest absolute Gasteiger partial charge is 0.345 e. The van der Waals surface area contributed by atoms with Gasteiger partial charge in [-0.1, -0.05) is 13.3 Å². The molecule has 1 aliphatic carbocycles. The monoisotopic (exact) mass is 186 g/mol. The zero-order valence-corrected chi connectivity index (χ0v) is 7.66. The third kappa shape index (κ3) is 2.44. The number of carboxylic acids is 1. The number of carbonyl (C=O) groups excluding carboxylic acids is 1. The predicted octanol–water partition coefficient (Wildman–Crippen LogP) is 1.19. The van der Waals surface area contributed by atoms with Crippen molar-refractivity contribution in [3.8, 4) is 0 Å². The van der Waals surface area contributed by atoms with E-state index in [0.717, 1.165) is 19.3 Å². The first-order valence-electron chi connectivity index (χ1n) is 4.58. The third-order valence-corrected chi connectivity index (χ3v) is 2.34. The van der Waals surface area contributed by atoms with Gasteiger partial charge in [0.15, 0.2) is 6.10 Å². The second kappa shape index (κ2) is 4.25. The Hall–Kier alpha value is -1.06. The Bertz CT molecular complexity index is 208. The Kier molecular flexibility index (Phi) is 3.28. The average Bonchev–Trinajstić information content (AvgIpc) is 1.96. The van der Waals surface area contributed by atoms with Gasteiger partial charge in [0.25, 0.3) is 0 Å². The van der Waals surface area contributed by atoms with Crippen LogP contribution in [0, 0.1) is 5.92 Å². The predicted molar refractivity (Wildman–Crippen MR) is 45.1 cm³/mol. The number of hydrogen-bond acceptors (Lipinski definition) is 3. The van der Waals surface area contributed by atoms with Crippen molar-refractivity contribution in [1.82, 2.24) is 0 Å². The van der Waals surface area contributed by atoms with Crippen LogP contribution in [0.5, 0.6) is 0 Å². The van der Waals surface area contributed by atoms with Crippen LogP contribution in [-0.2, 0) is 14.3 Å². The van der Waals surface area contributed by atoms with Crippen molar-refractivity contribution in [3.63, 3.8) is 0 Å².